The molecule has 0 nitrogen and oxygen atoms in total. The van der Waals surface area contributed by atoms with Crippen molar-refractivity contribution in [2.24, 2.45) is 0 Å². The molecule has 0 bridgehead atoms. The Kier molecular flexibility index (Phi) is 28.6. The van der Waals surface area contributed by atoms with Crippen LogP contribution in [-0.4, -0.2) is 0 Å². The van der Waals surface area contributed by atoms with Crippen LogP contribution in [0.5, 0.6) is 0 Å². The third kappa shape index (κ3) is 16.3. The predicted molar refractivity (Wildman–Crippen MR) is 428 cm³/mol. The van der Waals surface area contributed by atoms with Crippen molar-refractivity contribution in [3.63, 3.8) is 0 Å². The lowest BCUT2D eigenvalue weighted by Crippen LogP contribution is -2.06. The van der Waals surface area contributed by atoms with Crippen molar-refractivity contribution in [1.29, 1.82) is 0 Å². The molecule has 504 valence electrons. The van der Waals surface area contributed by atoms with Gasteiger partial charge in [-0.05, 0) is 246 Å². The molecule has 0 aliphatic heterocycles. The maximum absolute atomic E-state index is 2.91. The van der Waals surface area contributed by atoms with Gasteiger partial charge in [-0.15, -0.1) is 0 Å². The fourth-order valence-corrected chi connectivity index (χ4v) is 20.0. The molecule has 93 heavy (non-hydrogen) atoms. The van der Waals surface area contributed by atoms with Crippen molar-refractivity contribution in [3.05, 3.63) is 101 Å². The highest BCUT2D eigenvalue weighted by Gasteiger charge is 2.30. The Hall–Kier alpha value is -4.02. The summed E-state index contributed by atoms with van der Waals surface area (Å²) in [6, 6.07) is 8.73. The van der Waals surface area contributed by atoms with Crippen LogP contribution < -0.4 is 0 Å². The summed E-state index contributed by atoms with van der Waals surface area (Å²) in [5.41, 5.74) is 15.5. The Bertz CT molecular complexity index is 3540. The second-order valence-corrected chi connectivity index (χ2v) is 31.6. The van der Waals surface area contributed by atoms with Crippen LogP contribution in [0.15, 0.2) is 50.5 Å². The molecule has 0 fully saturated rings. The molecule has 0 radical (unpaired) electrons. The number of hydrogen-bond donors (Lipinski definition) is 0. The maximum atomic E-state index is 2.91. The zero-order chi connectivity index (χ0) is 64.9. The van der Waals surface area contributed by atoms with E-state index in [1.165, 1.54) is 305 Å². The number of fused-ring (bicyclic) bond motifs is 21. The molecule has 0 atom stereocenters. The molecular formula is C90H126S3. The zero-order valence-electron chi connectivity index (χ0n) is 60.7. The SMILES string of the molecule is CCCCCCc1cc2c(c(CCCCCC)c1CCCCCC)c1cscc1c1c2c2c3cscc3c3c(CCCCCC)c(CCCCCC)c(CCCCCC)cc3c2c2c3cscc3c3c(CCCCCC)c(CCCCCC)c(CCCCCC)cc3c12. The van der Waals surface area contributed by atoms with Crippen molar-refractivity contribution >= 4 is 131 Å². The summed E-state index contributed by atoms with van der Waals surface area (Å²) in [7, 11) is 0. The molecule has 10 aromatic rings. The van der Waals surface area contributed by atoms with Gasteiger partial charge in [0, 0.05) is 48.5 Å². The average Bonchev–Trinajstić information content (AvgIpc) is 1.65. The van der Waals surface area contributed by atoms with Crippen LogP contribution >= 0.6 is 34.0 Å². The molecule has 0 amide bonds. The lowest BCUT2D eigenvalue weighted by Gasteiger charge is -2.26. The largest absolute Gasteiger partial charge is 0.151 e. The first-order valence-electron chi connectivity index (χ1n) is 39.9. The highest BCUT2D eigenvalue weighted by atomic mass is 32.1. The van der Waals surface area contributed by atoms with E-state index in [4.69, 9.17) is 0 Å². The van der Waals surface area contributed by atoms with E-state index < -0.39 is 0 Å². The standard InChI is InChI=1S/C90H126S3/c1-10-19-28-37-46-64-55-73-82(70(52-43-34-25-16-7)67(64)49-40-31-22-13-4)76-58-91-61-79(76)88-85(73)89-80-62-92-59-77(80)83-71(53-44-35-26-17-8)68(50-41-32-23-14-5)65(47-38-29-20-11-2)56-74(83)87(89)90-81-63-93-60-78(81)84-72(54-45-36-27-18-9)69(51-42-33-24-15-6)66(48-39-30-21-12-3)57-75(84)86(88)90/h55-63H,10-54H2,1-9H3. The van der Waals surface area contributed by atoms with Crippen LogP contribution in [0, 0.1) is 0 Å². The summed E-state index contributed by atoms with van der Waals surface area (Å²) in [6.07, 6.45) is 57.8. The van der Waals surface area contributed by atoms with E-state index in [9.17, 15) is 0 Å². The van der Waals surface area contributed by atoms with E-state index in [1.54, 1.807) is 131 Å². The van der Waals surface area contributed by atoms with Gasteiger partial charge < -0.3 is 0 Å². The van der Waals surface area contributed by atoms with Gasteiger partial charge in [-0.1, -0.05) is 254 Å². The minimum Gasteiger partial charge on any atom is -0.151 e. The van der Waals surface area contributed by atoms with Crippen molar-refractivity contribution in [2.75, 3.05) is 0 Å². The van der Waals surface area contributed by atoms with Crippen molar-refractivity contribution < 1.29 is 0 Å². The monoisotopic (exact) mass is 1300 g/mol. The smallest absolute Gasteiger partial charge is 0.00151 e. The third-order valence-electron chi connectivity index (χ3n) is 22.4. The van der Waals surface area contributed by atoms with Gasteiger partial charge >= 0.3 is 0 Å². The van der Waals surface area contributed by atoms with E-state index in [0.717, 1.165) is 0 Å². The number of rotatable bonds is 45. The van der Waals surface area contributed by atoms with Crippen LogP contribution in [0.3, 0.4) is 0 Å². The quantitative estimate of drug-likeness (QED) is 0.0264. The first-order valence-corrected chi connectivity index (χ1v) is 42.8. The van der Waals surface area contributed by atoms with Crippen LogP contribution in [0.2, 0.25) is 0 Å². The first kappa shape index (κ1) is 71.7. The van der Waals surface area contributed by atoms with E-state index >= 15 is 0 Å². The summed E-state index contributed by atoms with van der Waals surface area (Å²) in [4.78, 5) is 0. The molecule has 3 aromatic heterocycles. The highest BCUT2D eigenvalue weighted by Crippen LogP contribution is 2.56. The molecule has 0 aliphatic rings. The van der Waals surface area contributed by atoms with Gasteiger partial charge in [0.25, 0.3) is 0 Å². The molecule has 0 unspecified atom stereocenters. The third-order valence-corrected chi connectivity index (χ3v) is 24.6. The Labute approximate surface area is 578 Å². The summed E-state index contributed by atoms with van der Waals surface area (Å²) >= 11 is 6.01. The second-order valence-electron chi connectivity index (χ2n) is 29.4. The summed E-state index contributed by atoms with van der Waals surface area (Å²) in [5, 5.41) is 44.4. The van der Waals surface area contributed by atoms with Crippen molar-refractivity contribution in [1.82, 2.24) is 0 Å². The lowest BCUT2D eigenvalue weighted by atomic mass is 9.76. The minimum atomic E-state index is 1.19. The Morgan fingerprint density at radius 3 is 0.548 bits per heavy atom. The molecule has 0 spiro atoms. The molecule has 0 saturated heterocycles. The van der Waals surface area contributed by atoms with Crippen LogP contribution in [0.4, 0.5) is 0 Å². The molecule has 3 heterocycles. The highest BCUT2D eigenvalue weighted by molar-refractivity contribution is 7.10. The predicted octanol–water partition coefficient (Wildman–Crippen LogP) is 31.4. The fourth-order valence-electron chi connectivity index (χ4n) is 17.5. The van der Waals surface area contributed by atoms with Crippen molar-refractivity contribution in [2.45, 2.75) is 351 Å². The Balaban J connectivity index is 1.50. The van der Waals surface area contributed by atoms with Gasteiger partial charge in [-0.2, -0.15) is 34.0 Å². The van der Waals surface area contributed by atoms with E-state index in [-0.39, 0.29) is 0 Å². The lowest BCUT2D eigenvalue weighted by molar-refractivity contribution is 0.641. The van der Waals surface area contributed by atoms with E-state index in [1.807, 2.05) is 34.0 Å². The number of aryl methyl sites for hydroxylation is 6. The van der Waals surface area contributed by atoms with Gasteiger partial charge in [0.05, 0.1) is 0 Å². The van der Waals surface area contributed by atoms with Gasteiger partial charge in [-0.3, -0.25) is 0 Å². The molecule has 0 N–H and O–H groups in total. The zero-order valence-corrected chi connectivity index (χ0v) is 63.2. The molecule has 10 rings (SSSR count). The number of hydrogen-bond acceptors (Lipinski definition) is 3. The van der Waals surface area contributed by atoms with Gasteiger partial charge in [0.1, 0.15) is 0 Å². The summed E-state index contributed by atoms with van der Waals surface area (Å²) < 4.78 is 0. The Morgan fingerprint density at radius 2 is 0.344 bits per heavy atom. The summed E-state index contributed by atoms with van der Waals surface area (Å²) in [6.45, 7) is 21.6. The fraction of sp³-hybridized carbons (Fsp3) is 0.600. The van der Waals surface area contributed by atoms with Crippen LogP contribution in [0.25, 0.3) is 97.0 Å². The van der Waals surface area contributed by atoms with Gasteiger partial charge in [0.2, 0.25) is 0 Å². The Morgan fingerprint density at radius 1 is 0.172 bits per heavy atom. The van der Waals surface area contributed by atoms with E-state index in [0.29, 0.717) is 0 Å². The molecule has 0 saturated carbocycles. The van der Waals surface area contributed by atoms with Crippen molar-refractivity contribution in [3.8, 4) is 0 Å². The number of thiophene rings is 3. The van der Waals surface area contributed by atoms with Gasteiger partial charge in [-0.25, -0.2) is 0 Å². The second kappa shape index (κ2) is 37.1. The van der Waals surface area contributed by atoms with Gasteiger partial charge in [0.15, 0.2) is 0 Å². The van der Waals surface area contributed by atoms with Crippen LogP contribution in [0.1, 0.15) is 344 Å². The average molecular weight is 1300 g/mol. The molecule has 7 aromatic carbocycles. The first-order chi connectivity index (χ1) is 45.9. The van der Waals surface area contributed by atoms with E-state index in [2.05, 4.69) is 113 Å². The molecule has 0 aliphatic carbocycles. The van der Waals surface area contributed by atoms with Crippen LogP contribution in [-0.2, 0) is 57.8 Å². The topological polar surface area (TPSA) is 0 Å². The maximum Gasteiger partial charge on any atom is 0.00151 e. The normalized spacial score (nSPS) is 12.4. The number of unbranched alkanes of at least 4 members (excludes halogenated alkanes) is 27. The number of benzene rings is 7. The molecule has 3 heteroatoms. The molecular weight excluding hydrogens is 1180 g/mol. The minimum absolute atomic E-state index is 1.19. The summed E-state index contributed by atoms with van der Waals surface area (Å²) in [5.74, 6) is 0.